The van der Waals surface area contributed by atoms with Gasteiger partial charge in [0.05, 0.1) is 17.2 Å². The number of fused-ring (bicyclic) bond motifs is 1. The van der Waals surface area contributed by atoms with Crippen molar-refractivity contribution in [2.24, 2.45) is 0 Å². The van der Waals surface area contributed by atoms with Gasteiger partial charge in [0.25, 0.3) is 0 Å². The second kappa shape index (κ2) is 4.66. The highest BCUT2D eigenvalue weighted by molar-refractivity contribution is 7.05. The summed E-state index contributed by atoms with van der Waals surface area (Å²) in [6.07, 6.45) is 1.35. The van der Waals surface area contributed by atoms with E-state index in [4.69, 9.17) is 4.74 Å². The maximum Gasteiger partial charge on any atom is 0.128 e. The molecular weight excluding hydrogens is 248 g/mol. The van der Waals surface area contributed by atoms with E-state index < -0.39 is 6.10 Å². The van der Waals surface area contributed by atoms with Gasteiger partial charge in [-0.15, -0.1) is 5.10 Å². The van der Waals surface area contributed by atoms with Gasteiger partial charge in [-0.05, 0) is 36.9 Å². The number of aryl methyl sites for hydroxylation is 2. The number of para-hydroxylation sites is 1. The third-order valence-electron chi connectivity index (χ3n) is 3.19. The fourth-order valence-electron chi connectivity index (χ4n) is 2.26. The van der Waals surface area contributed by atoms with E-state index in [2.05, 4.69) is 15.7 Å². The van der Waals surface area contributed by atoms with Crippen molar-refractivity contribution < 1.29 is 9.84 Å². The first kappa shape index (κ1) is 11.6. The molecule has 1 N–H and O–H groups in total. The highest BCUT2D eigenvalue weighted by atomic mass is 32.1. The Labute approximate surface area is 109 Å². The van der Waals surface area contributed by atoms with Crippen molar-refractivity contribution in [1.29, 1.82) is 0 Å². The van der Waals surface area contributed by atoms with Crippen molar-refractivity contribution in [3.63, 3.8) is 0 Å². The van der Waals surface area contributed by atoms with Crippen LogP contribution in [0.15, 0.2) is 18.2 Å². The van der Waals surface area contributed by atoms with Crippen LogP contribution in [0.1, 0.15) is 34.2 Å². The molecule has 3 rings (SSSR count). The molecule has 1 aliphatic rings. The smallest absolute Gasteiger partial charge is 0.128 e. The van der Waals surface area contributed by atoms with Gasteiger partial charge in [0.1, 0.15) is 11.9 Å². The molecule has 0 spiro atoms. The van der Waals surface area contributed by atoms with Gasteiger partial charge < -0.3 is 9.84 Å². The molecule has 18 heavy (non-hydrogen) atoms. The first-order valence-electron chi connectivity index (χ1n) is 5.99. The Morgan fingerprint density at radius 2 is 2.33 bits per heavy atom. The summed E-state index contributed by atoms with van der Waals surface area (Å²) in [6, 6.07) is 5.94. The summed E-state index contributed by atoms with van der Waals surface area (Å²) in [7, 11) is 0. The van der Waals surface area contributed by atoms with Crippen molar-refractivity contribution in [3.8, 4) is 5.75 Å². The van der Waals surface area contributed by atoms with Gasteiger partial charge in [-0.25, -0.2) is 0 Å². The monoisotopic (exact) mass is 262 g/mol. The average molecular weight is 262 g/mol. The number of aliphatic hydroxyl groups is 1. The number of aromatic nitrogens is 2. The minimum Gasteiger partial charge on any atom is -0.493 e. The highest BCUT2D eigenvalue weighted by Crippen LogP contribution is 2.37. The zero-order valence-corrected chi connectivity index (χ0v) is 10.9. The van der Waals surface area contributed by atoms with Crippen molar-refractivity contribution in [2.45, 2.75) is 25.9 Å². The molecule has 0 saturated heterocycles. The number of nitrogens with zero attached hydrogens (tertiary/aromatic N) is 2. The van der Waals surface area contributed by atoms with E-state index in [0.29, 0.717) is 0 Å². The van der Waals surface area contributed by atoms with Crippen LogP contribution in [-0.2, 0) is 6.42 Å². The van der Waals surface area contributed by atoms with Gasteiger partial charge in [-0.2, -0.15) is 0 Å². The lowest BCUT2D eigenvalue weighted by molar-refractivity contribution is 0.209. The van der Waals surface area contributed by atoms with Crippen LogP contribution in [0.3, 0.4) is 0 Å². The number of benzene rings is 1. The normalized spacial score (nSPS) is 15.9. The first-order chi connectivity index (χ1) is 8.77. The molecule has 0 aliphatic carbocycles. The molecule has 0 saturated carbocycles. The van der Waals surface area contributed by atoms with E-state index in [0.717, 1.165) is 41.3 Å². The second-order valence-corrected chi connectivity index (χ2v) is 5.20. The molecule has 1 aromatic heterocycles. The summed E-state index contributed by atoms with van der Waals surface area (Å²) in [6.45, 7) is 2.58. The molecule has 0 radical (unpaired) electrons. The number of ether oxygens (including phenoxy) is 1. The lowest BCUT2D eigenvalue weighted by Crippen LogP contribution is -2.12. The Hall–Kier alpha value is -1.46. The van der Waals surface area contributed by atoms with E-state index >= 15 is 0 Å². The lowest BCUT2D eigenvalue weighted by Gasteiger charge is -2.22. The summed E-state index contributed by atoms with van der Waals surface area (Å²) in [5.74, 6) is 0.837. The van der Waals surface area contributed by atoms with Crippen LogP contribution in [0.5, 0.6) is 5.75 Å². The van der Waals surface area contributed by atoms with Crippen molar-refractivity contribution in [2.75, 3.05) is 6.61 Å². The molecule has 0 bridgehead atoms. The zero-order valence-electron chi connectivity index (χ0n) is 10.1. The topological polar surface area (TPSA) is 55.2 Å². The van der Waals surface area contributed by atoms with Crippen LogP contribution >= 0.6 is 11.5 Å². The summed E-state index contributed by atoms with van der Waals surface area (Å²) < 4.78 is 9.59. The largest absolute Gasteiger partial charge is 0.493 e. The predicted molar refractivity (Wildman–Crippen MR) is 69.0 cm³/mol. The van der Waals surface area contributed by atoms with Gasteiger partial charge in [0, 0.05) is 5.56 Å². The van der Waals surface area contributed by atoms with Crippen LogP contribution < -0.4 is 4.74 Å². The van der Waals surface area contributed by atoms with Gasteiger partial charge in [0.15, 0.2) is 0 Å². The first-order valence-corrected chi connectivity index (χ1v) is 6.76. The lowest BCUT2D eigenvalue weighted by atomic mass is 9.98. The number of hydrogen-bond donors (Lipinski definition) is 1. The average Bonchev–Trinajstić information content (AvgIpc) is 2.83. The second-order valence-electron chi connectivity index (χ2n) is 4.41. The van der Waals surface area contributed by atoms with Crippen LogP contribution in [0.4, 0.5) is 0 Å². The molecule has 94 valence electrons. The predicted octanol–water partition coefficient (Wildman–Crippen LogP) is 2.25. The molecule has 1 aromatic carbocycles. The van der Waals surface area contributed by atoms with Crippen LogP contribution in [-0.4, -0.2) is 21.3 Å². The molecule has 2 heterocycles. The minimum atomic E-state index is -0.696. The fraction of sp³-hybridized carbons (Fsp3) is 0.385. The van der Waals surface area contributed by atoms with Crippen molar-refractivity contribution in [3.05, 3.63) is 39.9 Å². The molecule has 5 heteroatoms. The summed E-state index contributed by atoms with van der Waals surface area (Å²) >= 11 is 1.24. The van der Waals surface area contributed by atoms with Crippen LogP contribution in [0, 0.1) is 6.92 Å². The van der Waals surface area contributed by atoms with E-state index in [1.807, 2.05) is 19.1 Å². The van der Waals surface area contributed by atoms with E-state index in [9.17, 15) is 5.11 Å². The van der Waals surface area contributed by atoms with E-state index in [1.165, 1.54) is 17.1 Å². The van der Waals surface area contributed by atoms with Gasteiger partial charge in [-0.3, -0.25) is 0 Å². The van der Waals surface area contributed by atoms with Gasteiger partial charge in [-0.1, -0.05) is 22.7 Å². The molecule has 1 atom stereocenters. The molecule has 1 aliphatic heterocycles. The quantitative estimate of drug-likeness (QED) is 0.902. The van der Waals surface area contributed by atoms with Crippen LogP contribution in [0.25, 0.3) is 0 Å². The standard InChI is InChI=1S/C13H14N2O2S/c1-8-13(18-15-14-8)11(16)10-6-2-4-9-5-3-7-17-12(9)10/h2,4,6,11,16H,3,5,7H2,1H3. The minimum absolute atomic E-state index is 0.696. The van der Waals surface area contributed by atoms with Crippen molar-refractivity contribution >= 4 is 11.5 Å². The zero-order chi connectivity index (χ0) is 12.5. The molecule has 4 nitrogen and oxygen atoms in total. The van der Waals surface area contributed by atoms with Gasteiger partial charge >= 0.3 is 0 Å². The molecule has 0 amide bonds. The third kappa shape index (κ3) is 1.89. The van der Waals surface area contributed by atoms with E-state index in [1.54, 1.807) is 0 Å². The maximum atomic E-state index is 10.5. The Kier molecular flexibility index (Phi) is 3.01. The Bertz CT molecular complexity index is 568. The summed E-state index contributed by atoms with van der Waals surface area (Å²) in [5, 5.41) is 14.4. The number of aliphatic hydroxyl groups excluding tert-OH is 1. The third-order valence-corrected chi connectivity index (χ3v) is 4.07. The molecule has 0 fully saturated rings. The SMILES string of the molecule is Cc1nnsc1C(O)c1cccc2c1OCCC2. The molecule has 2 aromatic rings. The number of rotatable bonds is 2. The number of hydrogen-bond acceptors (Lipinski definition) is 5. The Morgan fingerprint density at radius 1 is 1.44 bits per heavy atom. The highest BCUT2D eigenvalue weighted by Gasteiger charge is 2.23. The fourth-order valence-corrected chi connectivity index (χ4v) is 2.91. The van der Waals surface area contributed by atoms with Crippen LogP contribution in [0.2, 0.25) is 0 Å². The molecule has 1 unspecified atom stereocenters. The van der Waals surface area contributed by atoms with Crippen molar-refractivity contribution in [1.82, 2.24) is 9.59 Å². The Balaban J connectivity index is 2.04. The van der Waals surface area contributed by atoms with Gasteiger partial charge in [0.2, 0.25) is 0 Å². The summed E-state index contributed by atoms with van der Waals surface area (Å²) in [5.41, 5.74) is 2.77. The summed E-state index contributed by atoms with van der Waals surface area (Å²) in [4.78, 5) is 0.789. The van der Waals surface area contributed by atoms with E-state index in [-0.39, 0.29) is 0 Å². The maximum absolute atomic E-state index is 10.5. The Morgan fingerprint density at radius 3 is 3.11 bits per heavy atom. The molecular formula is C13H14N2O2S.